The fraction of sp³-hybridized carbons (Fsp3) is 0.917. The Morgan fingerprint density at radius 1 is 1.27 bits per heavy atom. The molecule has 0 saturated carbocycles. The molecule has 0 aliphatic carbocycles. The molecule has 0 spiro atoms. The first-order chi connectivity index (χ1) is 6.83. The van der Waals surface area contributed by atoms with Crippen LogP contribution in [-0.4, -0.2) is 24.3 Å². The Morgan fingerprint density at radius 2 is 1.87 bits per heavy atom. The Labute approximate surface area is 93.8 Å². The van der Waals surface area contributed by atoms with Crippen molar-refractivity contribution in [3.63, 3.8) is 0 Å². The first kappa shape index (κ1) is 14.4. The van der Waals surface area contributed by atoms with Gasteiger partial charge in [-0.1, -0.05) is 6.92 Å². The van der Waals surface area contributed by atoms with Crippen LogP contribution < -0.4 is 5.32 Å². The van der Waals surface area contributed by atoms with Crippen LogP contribution in [0.4, 0.5) is 0 Å². The van der Waals surface area contributed by atoms with Crippen LogP contribution >= 0.6 is 0 Å². The molecule has 0 aliphatic rings. The van der Waals surface area contributed by atoms with Gasteiger partial charge in [0.05, 0.1) is 18.3 Å². The summed E-state index contributed by atoms with van der Waals surface area (Å²) in [6.07, 6.45) is 1.76. The fourth-order valence-electron chi connectivity index (χ4n) is 1.15. The molecule has 3 heteroatoms. The number of ether oxygens (including phenoxy) is 1. The summed E-state index contributed by atoms with van der Waals surface area (Å²) < 4.78 is 5.62. The predicted octanol–water partition coefficient (Wildman–Crippen LogP) is 2.47. The zero-order chi connectivity index (χ0) is 11.9. The first-order valence-electron chi connectivity index (χ1n) is 5.63. The summed E-state index contributed by atoms with van der Waals surface area (Å²) in [4.78, 5) is 0. The minimum atomic E-state index is -0.457. The SMILES string of the molecule is CCCNC(C)(C#N)CCOC(C)(C)C. The smallest absolute Gasteiger partial charge is 0.106 e. The van der Waals surface area contributed by atoms with Gasteiger partial charge >= 0.3 is 0 Å². The van der Waals surface area contributed by atoms with Crippen molar-refractivity contribution in [2.24, 2.45) is 0 Å². The average molecular weight is 212 g/mol. The van der Waals surface area contributed by atoms with Crippen molar-refractivity contribution in [2.75, 3.05) is 13.2 Å². The maximum atomic E-state index is 9.07. The molecule has 1 atom stereocenters. The van der Waals surface area contributed by atoms with E-state index in [1.807, 2.05) is 27.7 Å². The van der Waals surface area contributed by atoms with Crippen LogP contribution in [0.2, 0.25) is 0 Å². The van der Waals surface area contributed by atoms with Gasteiger partial charge in [-0.3, -0.25) is 5.32 Å². The van der Waals surface area contributed by atoms with Gasteiger partial charge in [-0.2, -0.15) is 5.26 Å². The van der Waals surface area contributed by atoms with Gasteiger partial charge in [0.1, 0.15) is 5.54 Å². The van der Waals surface area contributed by atoms with E-state index >= 15 is 0 Å². The minimum Gasteiger partial charge on any atom is -0.376 e. The lowest BCUT2D eigenvalue weighted by Crippen LogP contribution is -2.42. The molecule has 0 aromatic carbocycles. The van der Waals surface area contributed by atoms with Gasteiger partial charge in [0.2, 0.25) is 0 Å². The lowest BCUT2D eigenvalue weighted by atomic mass is 10.00. The standard InChI is InChI=1S/C12H24N2O/c1-6-8-14-12(5,10-13)7-9-15-11(2,3)4/h14H,6-9H2,1-5H3. The maximum Gasteiger partial charge on any atom is 0.106 e. The summed E-state index contributed by atoms with van der Waals surface area (Å²) in [6.45, 7) is 11.6. The molecule has 0 saturated heterocycles. The normalized spacial score (nSPS) is 15.7. The summed E-state index contributed by atoms with van der Waals surface area (Å²) in [5, 5.41) is 12.3. The first-order valence-corrected chi connectivity index (χ1v) is 5.63. The predicted molar refractivity (Wildman–Crippen MR) is 62.6 cm³/mol. The highest BCUT2D eigenvalue weighted by atomic mass is 16.5. The molecule has 0 aromatic heterocycles. The van der Waals surface area contributed by atoms with E-state index in [1.165, 1.54) is 0 Å². The lowest BCUT2D eigenvalue weighted by molar-refractivity contribution is -0.00948. The largest absolute Gasteiger partial charge is 0.376 e. The van der Waals surface area contributed by atoms with Crippen LogP contribution in [0.3, 0.4) is 0 Å². The highest BCUT2D eigenvalue weighted by molar-refractivity contribution is 5.03. The highest BCUT2D eigenvalue weighted by Crippen LogP contribution is 2.13. The summed E-state index contributed by atoms with van der Waals surface area (Å²) in [6, 6.07) is 2.31. The van der Waals surface area contributed by atoms with Crippen molar-refractivity contribution in [2.45, 2.75) is 58.6 Å². The molecule has 1 unspecified atom stereocenters. The van der Waals surface area contributed by atoms with Crippen LogP contribution in [-0.2, 0) is 4.74 Å². The van der Waals surface area contributed by atoms with E-state index in [9.17, 15) is 0 Å². The van der Waals surface area contributed by atoms with Crippen molar-refractivity contribution in [1.82, 2.24) is 5.32 Å². The van der Waals surface area contributed by atoms with Crippen LogP contribution in [0.15, 0.2) is 0 Å². The average Bonchev–Trinajstić information content (AvgIpc) is 2.13. The molecule has 88 valence electrons. The second kappa shape index (κ2) is 6.09. The zero-order valence-corrected chi connectivity index (χ0v) is 10.7. The van der Waals surface area contributed by atoms with E-state index in [2.05, 4.69) is 18.3 Å². The number of nitrogens with one attached hydrogen (secondary N) is 1. The van der Waals surface area contributed by atoms with Gasteiger partial charge < -0.3 is 4.74 Å². The monoisotopic (exact) mass is 212 g/mol. The van der Waals surface area contributed by atoms with E-state index in [-0.39, 0.29) is 5.60 Å². The number of rotatable bonds is 6. The molecule has 0 fully saturated rings. The van der Waals surface area contributed by atoms with Gasteiger partial charge in [0.25, 0.3) is 0 Å². The van der Waals surface area contributed by atoms with Gasteiger partial charge in [-0.15, -0.1) is 0 Å². The molecule has 1 N–H and O–H groups in total. The van der Waals surface area contributed by atoms with Crippen LogP contribution in [0.25, 0.3) is 0 Å². The highest BCUT2D eigenvalue weighted by Gasteiger charge is 2.23. The van der Waals surface area contributed by atoms with Gasteiger partial charge in [0, 0.05) is 6.42 Å². The second-order valence-corrected chi connectivity index (χ2v) is 5.08. The third-order valence-electron chi connectivity index (χ3n) is 2.15. The summed E-state index contributed by atoms with van der Waals surface area (Å²) in [7, 11) is 0. The van der Waals surface area contributed by atoms with Crippen LogP contribution in [0, 0.1) is 11.3 Å². The van der Waals surface area contributed by atoms with E-state index in [0.29, 0.717) is 6.61 Å². The number of nitrogens with zero attached hydrogens (tertiary/aromatic N) is 1. The molecule has 0 heterocycles. The summed E-state index contributed by atoms with van der Waals surface area (Å²) in [5.41, 5.74) is -0.581. The molecular weight excluding hydrogens is 188 g/mol. The summed E-state index contributed by atoms with van der Waals surface area (Å²) in [5.74, 6) is 0. The number of hydrogen-bond donors (Lipinski definition) is 1. The molecule has 0 radical (unpaired) electrons. The number of nitriles is 1. The zero-order valence-electron chi connectivity index (χ0n) is 10.7. The van der Waals surface area contributed by atoms with E-state index in [1.54, 1.807) is 0 Å². The van der Waals surface area contributed by atoms with Crippen molar-refractivity contribution in [3.8, 4) is 6.07 Å². The summed E-state index contributed by atoms with van der Waals surface area (Å²) >= 11 is 0. The Balaban J connectivity index is 3.95. The molecule has 0 amide bonds. The molecule has 0 bridgehead atoms. The second-order valence-electron chi connectivity index (χ2n) is 5.08. The Hall–Kier alpha value is -0.590. The third-order valence-corrected chi connectivity index (χ3v) is 2.15. The van der Waals surface area contributed by atoms with E-state index in [0.717, 1.165) is 19.4 Å². The third kappa shape index (κ3) is 7.35. The lowest BCUT2D eigenvalue weighted by Gasteiger charge is -2.26. The van der Waals surface area contributed by atoms with E-state index < -0.39 is 5.54 Å². The molecular formula is C12H24N2O. The maximum absolute atomic E-state index is 9.07. The fourth-order valence-corrected chi connectivity index (χ4v) is 1.15. The molecule has 0 aliphatic heterocycles. The Bertz CT molecular complexity index is 215. The van der Waals surface area contributed by atoms with Crippen molar-refractivity contribution < 1.29 is 4.74 Å². The molecule has 0 aromatic rings. The Morgan fingerprint density at radius 3 is 2.27 bits per heavy atom. The van der Waals surface area contributed by atoms with Crippen molar-refractivity contribution in [3.05, 3.63) is 0 Å². The van der Waals surface area contributed by atoms with Gasteiger partial charge in [-0.25, -0.2) is 0 Å². The van der Waals surface area contributed by atoms with Crippen LogP contribution in [0.1, 0.15) is 47.5 Å². The van der Waals surface area contributed by atoms with Gasteiger partial charge in [-0.05, 0) is 40.7 Å². The van der Waals surface area contributed by atoms with Crippen molar-refractivity contribution in [1.29, 1.82) is 5.26 Å². The molecule has 0 rings (SSSR count). The topological polar surface area (TPSA) is 45.0 Å². The quantitative estimate of drug-likeness (QED) is 0.735. The van der Waals surface area contributed by atoms with Crippen LogP contribution in [0.5, 0.6) is 0 Å². The van der Waals surface area contributed by atoms with Crippen molar-refractivity contribution >= 4 is 0 Å². The van der Waals surface area contributed by atoms with Gasteiger partial charge in [0.15, 0.2) is 0 Å². The number of hydrogen-bond acceptors (Lipinski definition) is 3. The minimum absolute atomic E-state index is 0.124. The van der Waals surface area contributed by atoms with E-state index in [4.69, 9.17) is 10.00 Å². The molecule has 3 nitrogen and oxygen atoms in total. The Kier molecular flexibility index (Phi) is 5.85. The molecule has 15 heavy (non-hydrogen) atoms.